The van der Waals surface area contributed by atoms with Crippen molar-refractivity contribution in [3.8, 4) is 11.4 Å². The molecule has 0 atom stereocenters. The topological polar surface area (TPSA) is 71.7 Å². The van der Waals surface area contributed by atoms with E-state index in [1.54, 1.807) is 7.05 Å². The van der Waals surface area contributed by atoms with E-state index in [1.165, 1.54) is 37.0 Å². The molecule has 1 amide bonds. The Labute approximate surface area is 147 Å². The van der Waals surface area contributed by atoms with Crippen LogP contribution >= 0.6 is 0 Å². The molecule has 2 aromatic rings. The van der Waals surface area contributed by atoms with Crippen molar-refractivity contribution in [3.63, 3.8) is 0 Å². The minimum Gasteiger partial charge on any atom is -0.375 e. The van der Waals surface area contributed by atoms with Gasteiger partial charge in [-0.05, 0) is 43.5 Å². The summed E-state index contributed by atoms with van der Waals surface area (Å²) in [4.78, 5) is 20.0. The van der Waals surface area contributed by atoms with Crippen LogP contribution in [-0.4, -0.2) is 54.8 Å². The Bertz CT molecular complexity index is 693. The van der Waals surface area contributed by atoms with E-state index in [1.807, 2.05) is 12.1 Å². The lowest BCUT2D eigenvalue weighted by atomic mass is 10.1. The average Bonchev–Trinajstić information content (AvgIpc) is 3.11. The van der Waals surface area contributed by atoms with Crippen LogP contribution in [-0.2, 0) is 16.1 Å². The second-order valence-corrected chi connectivity index (χ2v) is 6.29. The number of carbonyl (C=O) groups is 1. The minimum atomic E-state index is -0.131. The van der Waals surface area contributed by atoms with Crippen molar-refractivity contribution in [1.82, 2.24) is 15.0 Å². The van der Waals surface area contributed by atoms with Crippen LogP contribution in [0.15, 0.2) is 28.8 Å². The normalized spacial score (nSPS) is 14.6. The monoisotopic (exact) mass is 344 g/mol. The second-order valence-electron chi connectivity index (χ2n) is 6.29. The molecule has 0 saturated carbocycles. The quantitative estimate of drug-likeness (QED) is 0.801. The first-order valence-electron chi connectivity index (χ1n) is 8.58. The van der Waals surface area contributed by atoms with Gasteiger partial charge in [-0.3, -0.25) is 4.79 Å². The van der Waals surface area contributed by atoms with E-state index in [0.29, 0.717) is 11.7 Å². The molecule has 3 rings (SSSR count). The van der Waals surface area contributed by atoms with Crippen molar-refractivity contribution in [3.05, 3.63) is 30.2 Å². The molecule has 0 N–H and O–H groups in total. The lowest BCUT2D eigenvalue weighted by molar-refractivity contribution is -0.134. The van der Waals surface area contributed by atoms with Gasteiger partial charge in [0.05, 0.1) is 6.54 Å². The Morgan fingerprint density at radius 2 is 1.96 bits per heavy atom. The fraction of sp³-hybridized carbons (Fsp3) is 0.500. The lowest BCUT2D eigenvalue weighted by Gasteiger charge is -2.28. The number of ether oxygens (including phenoxy) is 1. The number of aromatic nitrogens is 2. The number of rotatable bonds is 6. The lowest BCUT2D eigenvalue weighted by Crippen LogP contribution is -2.29. The fourth-order valence-electron chi connectivity index (χ4n) is 2.93. The summed E-state index contributed by atoms with van der Waals surface area (Å²) in [6, 6.07) is 8.23. The molecule has 1 aliphatic rings. The van der Waals surface area contributed by atoms with Crippen molar-refractivity contribution in [2.24, 2.45) is 0 Å². The summed E-state index contributed by atoms with van der Waals surface area (Å²) < 4.78 is 10.1. The number of likely N-dealkylation sites (N-methyl/N-ethyl adjacent to an activating group) is 1. The fourth-order valence-corrected chi connectivity index (χ4v) is 2.93. The SMILES string of the molecule is COCC(=O)N(C)Cc1nc(-c2ccc(N3CCCCC3)cc2)no1. The molecule has 134 valence electrons. The van der Waals surface area contributed by atoms with Gasteiger partial charge >= 0.3 is 0 Å². The number of amides is 1. The Kier molecular flexibility index (Phi) is 5.65. The second kappa shape index (κ2) is 8.11. The first-order valence-corrected chi connectivity index (χ1v) is 8.58. The highest BCUT2D eigenvalue weighted by Gasteiger charge is 2.15. The van der Waals surface area contributed by atoms with Crippen LogP contribution in [0.4, 0.5) is 5.69 Å². The molecule has 2 heterocycles. The molecule has 7 heteroatoms. The van der Waals surface area contributed by atoms with E-state index in [4.69, 9.17) is 9.26 Å². The molecule has 1 fully saturated rings. The molecular formula is C18H24N4O3. The van der Waals surface area contributed by atoms with E-state index < -0.39 is 0 Å². The van der Waals surface area contributed by atoms with Crippen molar-refractivity contribution >= 4 is 11.6 Å². The maximum absolute atomic E-state index is 11.7. The predicted molar refractivity (Wildman–Crippen MR) is 94.1 cm³/mol. The highest BCUT2D eigenvalue weighted by Crippen LogP contribution is 2.23. The maximum Gasteiger partial charge on any atom is 0.248 e. The molecule has 0 bridgehead atoms. The van der Waals surface area contributed by atoms with Crippen LogP contribution in [0.1, 0.15) is 25.2 Å². The third-order valence-electron chi connectivity index (χ3n) is 4.38. The maximum atomic E-state index is 11.7. The van der Waals surface area contributed by atoms with E-state index in [9.17, 15) is 4.79 Å². The van der Waals surface area contributed by atoms with Gasteiger partial charge < -0.3 is 19.1 Å². The molecule has 25 heavy (non-hydrogen) atoms. The van der Waals surface area contributed by atoms with Crippen molar-refractivity contribution < 1.29 is 14.1 Å². The van der Waals surface area contributed by atoms with Crippen LogP contribution in [0, 0.1) is 0 Å². The zero-order chi connectivity index (χ0) is 17.6. The van der Waals surface area contributed by atoms with Gasteiger partial charge in [-0.1, -0.05) is 5.16 Å². The average molecular weight is 344 g/mol. The van der Waals surface area contributed by atoms with Gasteiger partial charge in [0.2, 0.25) is 17.6 Å². The Hall–Kier alpha value is -2.41. The number of anilines is 1. The highest BCUT2D eigenvalue weighted by molar-refractivity contribution is 5.77. The van der Waals surface area contributed by atoms with Gasteiger partial charge in [-0.15, -0.1) is 0 Å². The van der Waals surface area contributed by atoms with Gasteiger partial charge in [0, 0.05) is 38.5 Å². The number of benzene rings is 1. The summed E-state index contributed by atoms with van der Waals surface area (Å²) in [5.74, 6) is 0.808. The number of hydrogen-bond acceptors (Lipinski definition) is 6. The number of carbonyl (C=O) groups excluding carboxylic acids is 1. The smallest absolute Gasteiger partial charge is 0.248 e. The van der Waals surface area contributed by atoms with E-state index in [0.717, 1.165) is 18.7 Å². The molecule has 1 aliphatic heterocycles. The standard InChI is InChI=1S/C18H24N4O3/c1-21(17(23)13-24-2)12-16-19-18(20-25-16)14-6-8-15(9-7-14)22-10-4-3-5-11-22/h6-9H,3-5,10-13H2,1-2H3. The van der Waals surface area contributed by atoms with Crippen LogP contribution in [0.25, 0.3) is 11.4 Å². The predicted octanol–water partition coefficient (Wildman–Crippen LogP) is 2.33. The van der Waals surface area contributed by atoms with Gasteiger partial charge in [0.15, 0.2) is 0 Å². The number of hydrogen-bond donors (Lipinski definition) is 0. The zero-order valence-corrected chi connectivity index (χ0v) is 14.8. The largest absolute Gasteiger partial charge is 0.375 e. The number of methoxy groups -OCH3 is 1. The van der Waals surface area contributed by atoms with Gasteiger partial charge in [0.25, 0.3) is 0 Å². The molecule has 0 aliphatic carbocycles. The molecular weight excluding hydrogens is 320 g/mol. The number of piperidine rings is 1. The van der Waals surface area contributed by atoms with Crippen LogP contribution in [0.5, 0.6) is 0 Å². The molecule has 0 spiro atoms. The van der Waals surface area contributed by atoms with E-state index >= 15 is 0 Å². The van der Waals surface area contributed by atoms with Crippen LogP contribution in [0.3, 0.4) is 0 Å². The third kappa shape index (κ3) is 4.36. The summed E-state index contributed by atoms with van der Waals surface area (Å²) in [5, 5.41) is 4.02. The van der Waals surface area contributed by atoms with Crippen molar-refractivity contribution in [2.75, 3.05) is 38.8 Å². The Balaban J connectivity index is 1.64. The Morgan fingerprint density at radius 3 is 2.64 bits per heavy atom. The summed E-state index contributed by atoms with van der Waals surface area (Å²) in [7, 11) is 3.17. The summed E-state index contributed by atoms with van der Waals surface area (Å²) in [6.45, 7) is 2.54. The van der Waals surface area contributed by atoms with Crippen LogP contribution in [0.2, 0.25) is 0 Å². The molecule has 1 aromatic carbocycles. The molecule has 1 saturated heterocycles. The van der Waals surface area contributed by atoms with E-state index in [2.05, 4.69) is 27.2 Å². The molecule has 7 nitrogen and oxygen atoms in total. The number of nitrogens with zero attached hydrogens (tertiary/aromatic N) is 4. The Morgan fingerprint density at radius 1 is 1.24 bits per heavy atom. The highest BCUT2D eigenvalue weighted by atomic mass is 16.5. The molecule has 0 radical (unpaired) electrons. The van der Waals surface area contributed by atoms with Crippen LogP contribution < -0.4 is 4.90 Å². The van der Waals surface area contributed by atoms with Gasteiger partial charge in [0.1, 0.15) is 6.61 Å². The third-order valence-corrected chi connectivity index (χ3v) is 4.38. The molecule has 1 aromatic heterocycles. The van der Waals surface area contributed by atoms with E-state index in [-0.39, 0.29) is 19.1 Å². The molecule has 0 unspecified atom stereocenters. The van der Waals surface area contributed by atoms with Crippen molar-refractivity contribution in [2.45, 2.75) is 25.8 Å². The van der Waals surface area contributed by atoms with Crippen molar-refractivity contribution in [1.29, 1.82) is 0 Å². The first kappa shape index (κ1) is 17.4. The summed E-state index contributed by atoms with van der Waals surface area (Å²) >= 11 is 0. The van der Waals surface area contributed by atoms with Gasteiger partial charge in [-0.25, -0.2) is 0 Å². The first-order chi connectivity index (χ1) is 12.2. The summed E-state index contributed by atoms with van der Waals surface area (Å²) in [5.41, 5.74) is 2.14. The van der Waals surface area contributed by atoms with Gasteiger partial charge in [-0.2, -0.15) is 4.98 Å². The zero-order valence-electron chi connectivity index (χ0n) is 14.8. The summed E-state index contributed by atoms with van der Waals surface area (Å²) in [6.07, 6.45) is 3.83. The minimum absolute atomic E-state index is 0.0372.